The molecule has 3 rings (SSSR count). The molecule has 4 heteroatoms. The van der Waals surface area contributed by atoms with Crippen LogP contribution in [0.15, 0.2) is 12.5 Å². The minimum Gasteiger partial charge on any atom is -0.383 e. The fourth-order valence-corrected chi connectivity index (χ4v) is 2.89. The number of hydrogen-bond donors (Lipinski definition) is 1. The predicted molar refractivity (Wildman–Crippen MR) is 70.2 cm³/mol. The van der Waals surface area contributed by atoms with Gasteiger partial charge in [0.15, 0.2) is 0 Å². The van der Waals surface area contributed by atoms with Gasteiger partial charge in [-0.05, 0) is 37.0 Å². The van der Waals surface area contributed by atoms with Crippen molar-refractivity contribution in [2.24, 2.45) is 11.3 Å². The van der Waals surface area contributed by atoms with Crippen LogP contribution in [0.25, 0.3) is 0 Å². The highest BCUT2D eigenvalue weighted by molar-refractivity contribution is 5.05. The molecule has 0 saturated heterocycles. The van der Waals surface area contributed by atoms with Gasteiger partial charge in [-0.2, -0.15) is 0 Å². The van der Waals surface area contributed by atoms with E-state index in [-0.39, 0.29) is 0 Å². The number of hydrogen-bond acceptors (Lipinski definition) is 3. The number of rotatable bonds is 8. The maximum absolute atomic E-state index is 5.00. The van der Waals surface area contributed by atoms with Gasteiger partial charge < -0.3 is 14.6 Å². The second-order valence-electron chi connectivity index (χ2n) is 5.84. The molecule has 0 radical (unpaired) electrons. The quantitative estimate of drug-likeness (QED) is 0.714. The number of imidazole rings is 1. The lowest BCUT2D eigenvalue weighted by Crippen LogP contribution is -2.18. The molecule has 1 aromatic rings. The van der Waals surface area contributed by atoms with Crippen LogP contribution in [0.4, 0.5) is 0 Å². The lowest BCUT2D eigenvalue weighted by Gasteiger charge is -2.14. The average molecular weight is 249 g/mol. The standard InChI is InChI=1S/C14H23N3O/c1-18-7-6-15-8-13-9-17(11-16-13)10-14(4-5-14)12-2-3-12/h9,11-12,15H,2-8,10H2,1H3. The minimum absolute atomic E-state index is 0.654. The molecule has 0 unspecified atom stereocenters. The topological polar surface area (TPSA) is 39.1 Å². The Balaban J connectivity index is 1.47. The van der Waals surface area contributed by atoms with Crippen molar-refractivity contribution in [3.63, 3.8) is 0 Å². The van der Waals surface area contributed by atoms with E-state index in [1.54, 1.807) is 7.11 Å². The van der Waals surface area contributed by atoms with E-state index in [2.05, 4.69) is 21.1 Å². The second-order valence-corrected chi connectivity index (χ2v) is 5.84. The molecule has 18 heavy (non-hydrogen) atoms. The van der Waals surface area contributed by atoms with Crippen molar-refractivity contribution in [2.75, 3.05) is 20.3 Å². The zero-order valence-corrected chi connectivity index (χ0v) is 11.2. The molecule has 1 aromatic heterocycles. The van der Waals surface area contributed by atoms with Crippen molar-refractivity contribution in [3.05, 3.63) is 18.2 Å². The Hall–Kier alpha value is -0.870. The van der Waals surface area contributed by atoms with E-state index in [4.69, 9.17) is 4.74 Å². The summed E-state index contributed by atoms with van der Waals surface area (Å²) in [7, 11) is 1.73. The molecule has 0 amide bonds. The van der Waals surface area contributed by atoms with Gasteiger partial charge in [0.05, 0.1) is 18.6 Å². The normalized spacial score (nSPS) is 21.2. The van der Waals surface area contributed by atoms with Gasteiger partial charge in [0.25, 0.3) is 0 Å². The fraction of sp³-hybridized carbons (Fsp3) is 0.786. The second kappa shape index (κ2) is 5.02. The molecule has 2 aliphatic carbocycles. The van der Waals surface area contributed by atoms with E-state index >= 15 is 0 Å². The highest BCUT2D eigenvalue weighted by Gasteiger charge is 2.53. The Labute approximate surface area is 109 Å². The van der Waals surface area contributed by atoms with Crippen LogP contribution in [-0.4, -0.2) is 29.8 Å². The summed E-state index contributed by atoms with van der Waals surface area (Å²) in [6.45, 7) is 3.66. The summed E-state index contributed by atoms with van der Waals surface area (Å²) in [6, 6.07) is 0. The number of ether oxygens (including phenoxy) is 1. The van der Waals surface area contributed by atoms with Crippen LogP contribution in [-0.2, 0) is 17.8 Å². The highest BCUT2D eigenvalue weighted by atomic mass is 16.5. The largest absolute Gasteiger partial charge is 0.383 e. The van der Waals surface area contributed by atoms with E-state index in [9.17, 15) is 0 Å². The lowest BCUT2D eigenvalue weighted by molar-refractivity contribution is 0.199. The molecule has 100 valence electrons. The van der Waals surface area contributed by atoms with Gasteiger partial charge in [0, 0.05) is 32.9 Å². The fourth-order valence-electron chi connectivity index (χ4n) is 2.89. The number of aromatic nitrogens is 2. The summed E-state index contributed by atoms with van der Waals surface area (Å²) >= 11 is 0. The first-order chi connectivity index (χ1) is 8.82. The third kappa shape index (κ3) is 2.75. The SMILES string of the molecule is COCCNCc1cn(CC2(C3CC3)CC2)cn1. The molecule has 2 saturated carbocycles. The van der Waals surface area contributed by atoms with Gasteiger partial charge in [0.2, 0.25) is 0 Å². The third-order valence-electron chi connectivity index (χ3n) is 4.31. The third-order valence-corrected chi connectivity index (χ3v) is 4.31. The maximum atomic E-state index is 5.00. The smallest absolute Gasteiger partial charge is 0.0950 e. The molecule has 1 heterocycles. The maximum Gasteiger partial charge on any atom is 0.0950 e. The van der Waals surface area contributed by atoms with Crippen LogP contribution in [0.3, 0.4) is 0 Å². The van der Waals surface area contributed by atoms with Gasteiger partial charge in [-0.3, -0.25) is 0 Å². The lowest BCUT2D eigenvalue weighted by atomic mass is 10.0. The van der Waals surface area contributed by atoms with Gasteiger partial charge >= 0.3 is 0 Å². The van der Waals surface area contributed by atoms with Crippen molar-refractivity contribution in [2.45, 2.75) is 38.8 Å². The highest BCUT2D eigenvalue weighted by Crippen LogP contribution is 2.62. The minimum atomic E-state index is 0.654. The number of methoxy groups -OCH3 is 1. The molecule has 0 bridgehead atoms. The zero-order chi connectivity index (χ0) is 12.4. The summed E-state index contributed by atoms with van der Waals surface area (Å²) in [4.78, 5) is 4.47. The molecule has 4 nitrogen and oxygen atoms in total. The summed E-state index contributed by atoms with van der Waals surface area (Å²) in [6.07, 6.45) is 9.97. The molecule has 0 aliphatic heterocycles. The molecule has 1 N–H and O–H groups in total. The monoisotopic (exact) mass is 249 g/mol. The number of nitrogens with zero attached hydrogens (tertiary/aromatic N) is 2. The Kier molecular flexibility index (Phi) is 3.39. The molecule has 0 atom stereocenters. The molecule has 0 spiro atoms. The van der Waals surface area contributed by atoms with Crippen LogP contribution < -0.4 is 5.32 Å². The molecule has 2 fully saturated rings. The molecular weight excluding hydrogens is 226 g/mol. The van der Waals surface area contributed by atoms with Crippen molar-refractivity contribution in [1.29, 1.82) is 0 Å². The van der Waals surface area contributed by atoms with Crippen LogP contribution >= 0.6 is 0 Å². The van der Waals surface area contributed by atoms with Gasteiger partial charge in [-0.1, -0.05) is 0 Å². The van der Waals surface area contributed by atoms with E-state index in [1.807, 2.05) is 6.33 Å². The van der Waals surface area contributed by atoms with Crippen molar-refractivity contribution >= 4 is 0 Å². The molecular formula is C14H23N3O. The summed E-state index contributed by atoms with van der Waals surface area (Å²) in [5, 5.41) is 3.33. The zero-order valence-electron chi connectivity index (χ0n) is 11.2. The Morgan fingerprint density at radius 2 is 2.33 bits per heavy atom. The van der Waals surface area contributed by atoms with Crippen molar-refractivity contribution in [3.8, 4) is 0 Å². The molecule has 0 aromatic carbocycles. The predicted octanol–water partition coefficient (Wildman–Crippen LogP) is 1.81. The van der Waals surface area contributed by atoms with Crippen LogP contribution in [0.5, 0.6) is 0 Å². The van der Waals surface area contributed by atoms with Gasteiger partial charge in [0.1, 0.15) is 0 Å². The Morgan fingerprint density at radius 3 is 3.00 bits per heavy atom. The van der Waals surface area contributed by atoms with Crippen LogP contribution in [0.2, 0.25) is 0 Å². The van der Waals surface area contributed by atoms with E-state index in [0.29, 0.717) is 5.41 Å². The van der Waals surface area contributed by atoms with E-state index < -0.39 is 0 Å². The molecule has 2 aliphatic rings. The van der Waals surface area contributed by atoms with E-state index in [0.717, 1.165) is 31.3 Å². The van der Waals surface area contributed by atoms with Crippen molar-refractivity contribution in [1.82, 2.24) is 14.9 Å². The van der Waals surface area contributed by atoms with Gasteiger partial charge in [-0.25, -0.2) is 4.98 Å². The summed E-state index contributed by atoms with van der Waals surface area (Å²) in [5.41, 5.74) is 1.79. The van der Waals surface area contributed by atoms with E-state index in [1.165, 1.54) is 32.2 Å². The summed E-state index contributed by atoms with van der Waals surface area (Å²) < 4.78 is 7.29. The van der Waals surface area contributed by atoms with Gasteiger partial charge in [-0.15, -0.1) is 0 Å². The average Bonchev–Trinajstić information content (AvgIpc) is 3.25. The first-order valence-electron chi connectivity index (χ1n) is 7.03. The van der Waals surface area contributed by atoms with Crippen LogP contribution in [0.1, 0.15) is 31.4 Å². The summed E-state index contributed by atoms with van der Waals surface area (Å²) in [5.74, 6) is 1.02. The first kappa shape index (κ1) is 12.2. The Morgan fingerprint density at radius 1 is 1.50 bits per heavy atom. The van der Waals surface area contributed by atoms with Crippen molar-refractivity contribution < 1.29 is 4.74 Å². The first-order valence-corrected chi connectivity index (χ1v) is 7.03. The Bertz CT molecular complexity index is 393. The van der Waals surface area contributed by atoms with Crippen LogP contribution in [0, 0.1) is 11.3 Å². The number of nitrogens with one attached hydrogen (secondary N) is 1.